The van der Waals surface area contributed by atoms with Gasteiger partial charge in [-0.2, -0.15) is 0 Å². The van der Waals surface area contributed by atoms with E-state index in [0.29, 0.717) is 17.6 Å². The van der Waals surface area contributed by atoms with Crippen molar-refractivity contribution in [3.63, 3.8) is 0 Å². The Morgan fingerprint density at radius 3 is 2.58 bits per heavy atom. The summed E-state index contributed by atoms with van der Waals surface area (Å²) in [7, 11) is 0. The average Bonchev–Trinajstić information content (AvgIpc) is 2.77. The number of hydrogen-bond acceptors (Lipinski definition) is 2. The standard InChI is InChI=1S/C15H22F2N2/c1-10(2)19-7-6-13(9-19)18-11(3)14-5-4-12(16)8-15(14)17/h4-5,8,10-11,13,18H,6-7,9H2,1-3H3. The summed E-state index contributed by atoms with van der Waals surface area (Å²) in [5, 5.41) is 3.44. The molecular weight excluding hydrogens is 246 g/mol. The minimum absolute atomic E-state index is 0.0993. The molecule has 0 amide bonds. The van der Waals surface area contributed by atoms with E-state index >= 15 is 0 Å². The Bertz CT molecular complexity index is 434. The zero-order valence-electron chi connectivity index (χ0n) is 11.8. The molecule has 19 heavy (non-hydrogen) atoms. The Morgan fingerprint density at radius 2 is 2.00 bits per heavy atom. The van der Waals surface area contributed by atoms with Crippen LogP contribution in [0.15, 0.2) is 18.2 Å². The Kier molecular flexibility index (Phi) is 4.53. The van der Waals surface area contributed by atoms with Crippen molar-refractivity contribution >= 4 is 0 Å². The molecule has 0 aromatic heterocycles. The molecule has 0 aliphatic carbocycles. The third kappa shape index (κ3) is 3.51. The molecule has 0 radical (unpaired) electrons. The van der Waals surface area contributed by atoms with Crippen LogP contribution in [0.3, 0.4) is 0 Å². The number of likely N-dealkylation sites (tertiary alicyclic amines) is 1. The van der Waals surface area contributed by atoms with Crippen molar-refractivity contribution in [2.75, 3.05) is 13.1 Å². The van der Waals surface area contributed by atoms with Gasteiger partial charge in [0.05, 0.1) is 0 Å². The first kappa shape index (κ1) is 14.4. The van der Waals surface area contributed by atoms with E-state index in [9.17, 15) is 8.78 Å². The summed E-state index contributed by atoms with van der Waals surface area (Å²) in [6.07, 6.45) is 1.07. The fourth-order valence-corrected chi connectivity index (χ4v) is 2.69. The molecule has 0 spiro atoms. The summed E-state index contributed by atoms with van der Waals surface area (Å²) in [4.78, 5) is 2.41. The molecule has 1 aliphatic rings. The lowest BCUT2D eigenvalue weighted by Gasteiger charge is -2.23. The zero-order chi connectivity index (χ0) is 14.0. The monoisotopic (exact) mass is 268 g/mol. The van der Waals surface area contributed by atoms with Gasteiger partial charge in [-0.25, -0.2) is 8.78 Å². The van der Waals surface area contributed by atoms with Gasteiger partial charge in [-0.3, -0.25) is 4.90 Å². The van der Waals surface area contributed by atoms with E-state index in [2.05, 4.69) is 24.1 Å². The molecule has 1 aromatic carbocycles. The molecule has 2 rings (SSSR count). The molecule has 1 saturated heterocycles. The van der Waals surface area contributed by atoms with Crippen molar-refractivity contribution in [3.05, 3.63) is 35.4 Å². The van der Waals surface area contributed by atoms with Gasteiger partial charge in [0.25, 0.3) is 0 Å². The molecule has 2 nitrogen and oxygen atoms in total. The minimum atomic E-state index is -0.528. The van der Waals surface area contributed by atoms with Crippen LogP contribution in [0.5, 0.6) is 0 Å². The first-order valence-electron chi connectivity index (χ1n) is 6.92. The topological polar surface area (TPSA) is 15.3 Å². The average molecular weight is 268 g/mol. The Hall–Kier alpha value is -1.00. The fourth-order valence-electron chi connectivity index (χ4n) is 2.69. The predicted molar refractivity (Wildman–Crippen MR) is 73.0 cm³/mol. The number of hydrogen-bond donors (Lipinski definition) is 1. The van der Waals surface area contributed by atoms with Crippen molar-refractivity contribution in [2.24, 2.45) is 0 Å². The molecule has 4 heteroatoms. The van der Waals surface area contributed by atoms with Crippen molar-refractivity contribution in [3.8, 4) is 0 Å². The first-order valence-corrected chi connectivity index (χ1v) is 6.92. The van der Waals surface area contributed by atoms with Gasteiger partial charge in [0.15, 0.2) is 0 Å². The summed E-state index contributed by atoms with van der Waals surface area (Å²) in [5.74, 6) is -1.00. The molecule has 1 N–H and O–H groups in total. The van der Waals surface area contributed by atoms with Gasteiger partial charge >= 0.3 is 0 Å². The third-order valence-electron chi connectivity index (χ3n) is 3.86. The van der Waals surface area contributed by atoms with Crippen molar-refractivity contribution < 1.29 is 8.78 Å². The zero-order valence-corrected chi connectivity index (χ0v) is 11.8. The molecule has 1 fully saturated rings. The number of nitrogens with zero attached hydrogens (tertiary/aromatic N) is 1. The lowest BCUT2D eigenvalue weighted by atomic mass is 10.1. The van der Waals surface area contributed by atoms with Gasteiger partial charge < -0.3 is 5.32 Å². The van der Waals surface area contributed by atoms with Gasteiger partial charge in [0.2, 0.25) is 0 Å². The summed E-state index contributed by atoms with van der Waals surface area (Å²) in [6, 6.07) is 4.61. The van der Waals surface area contributed by atoms with Crippen LogP contribution in [0.2, 0.25) is 0 Å². The summed E-state index contributed by atoms with van der Waals surface area (Å²) in [6.45, 7) is 8.37. The second-order valence-electron chi connectivity index (χ2n) is 5.63. The van der Waals surface area contributed by atoms with Crippen LogP contribution in [-0.2, 0) is 0 Å². The quantitative estimate of drug-likeness (QED) is 0.902. The van der Waals surface area contributed by atoms with E-state index in [4.69, 9.17) is 0 Å². The van der Waals surface area contributed by atoms with Crippen LogP contribution < -0.4 is 5.32 Å². The Morgan fingerprint density at radius 1 is 1.26 bits per heavy atom. The number of nitrogens with one attached hydrogen (secondary N) is 1. The summed E-state index contributed by atoms with van der Waals surface area (Å²) < 4.78 is 26.6. The molecular formula is C15H22F2N2. The van der Waals surface area contributed by atoms with E-state index in [1.807, 2.05) is 6.92 Å². The van der Waals surface area contributed by atoms with Crippen LogP contribution in [0.4, 0.5) is 8.78 Å². The SMILES string of the molecule is CC(NC1CCN(C(C)C)C1)c1ccc(F)cc1F. The molecule has 2 unspecified atom stereocenters. The third-order valence-corrected chi connectivity index (χ3v) is 3.86. The predicted octanol–water partition coefficient (Wildman–Crippen LogP) is 3.10. The number of benzene rings is 1. The molecule has 0 bridgehead atoms. The normalized spacial score (nSPS) is 22.1. The van der Waals surface area contributed by atoms with Crippen LogP contribution in [0, 0.1) is 11.6 Å². The highest BCUT2D eigenvalue weighted by atomic mass is 19.1. The second kappa shape index (κ2) is 5.97. The maximum atomic E-state index is 13.7. The van der Waals surface area contributed by atoms with Crippen LogP contribution >= 0.6 is 0 Å². The van der Waals surface area contributed by atoms with Crippen molar-refractivity contribution in [1.29, 1.82) is 0 Å². The minimum Gasteiger partial charge on any atom is -0.306 e. The van der Waals surface area contributed by atoms with Crippen LogP contribution in [0.1, 0.15) is 38.8 Å². The van der Waals surface area contributed by atoms with Gasteiger partial charge in [0.1, 0.15) is 11.6 Å². The molecule has 0 saturated carbocycles. The maximum absolute atomic E-state index is 13.7. The number of rotatable bonds is 4. The van der Waals surface area contributed by atoms with Crippen molar-refractivity contribution in [2.45, 2.75) is 45.3 Å². The summed E-state index contributed by atoms with van der Waals surface area (Å²) in [5.41, 5.74) is 0.532. The van der Waals surface area contributed by atoms with Gasteiger partial charge in [-0.1, -0.05) is 6.07 Å². The fraction of sp³-hybridized carbons (Fsp3) is 0.600. The molecule has 1 aliphatic heterocycles. The van der Waals surface area contributed by atoms with E-state index in [1.54, 1.807) is 0 Å². The Balaban J connectivity index is 1.96. The Labute approximate surface area is 113 Å². The highest BCUT2D eigenvalue weighted by Crippen LogP contribution is 2.21. The molecule has 106 valence electrons. The van der Waals surface area contributed by atoms with Gasteiger partial charge in [-0.15, -0.1) is 0 Å². The van der Waals surface area contributed by atoms with E-state index in [-0.39, 0.29) is 6.04 Å². The van der Waals surface area contributed by atoms with Crippen LogP contribution in [0.25, 0.3) is 0 Å². The smallest absolute Gasteiger partial charge is 0.130 e. The van der Waals surface area contributed by atoms with Gasteiger partial charge in [-0.05, 0) is 39.8 Å². The highest BCUT2D eigenvalue weighted by molar-refractivity contribution is 5.21. The van der Waals surface area contributed by atoms with Crippen molar-refractivity contribution in [1.82, 2.24) is 10.2 Å². The second-order valence-corrected chi connectivity index (χ2v) is 5.63. The largest absolute Gasteiger partial charge is 0.306 e. The van der Waals surface area contributed by atoms with E-state index in [1.165, 1.54) is 12.1 Å². The maximum Gasteiger partial charge on any atom is 0.130 e. The van der Waals surface area contributed by atoms with E-state index < -0.39 is 11.6 Å². The van der Waals surface area contributed by atoms with E-state index in [0.717, 1.165) is 25.6 Å². The molecule has 1 aromatic rings. The van der Waals surface area contributed by atoms with Gasteiger partial charge in [0, 0.05) is 36.3 Å². The first-order chi connectivity index (χ1) is 8.97. The number of halogens is 2. The molecule has 2 atom stereocenters. The van der Waals surface area contributed by atoms with Crippen LogP contribution in [-0.4, -0.2) is 30.1 Å². The lowest BCUT2D eigenvalue weighted by Crippen LogP contribution is -2.36. The lowest BCUT2D eigenvalue weighted by molar-refractivity contribution is 0.266. The highest BCUT2D eigenvalue weighted by Gasteiger charge is 2.25. The molecule has 1 heterocycles. The summed E-state index contributed by atoms with van der Waals surface area (Å²) >= 11 is 0.